The van der Waals surface area contributed by atoms with Crippen molar-refractivity contribution in [3.63, 3.8) is 0 Å². The second-order valence-electron chi connectivity index (χ2n) is 7.55. The van der Waals surface area contributed by atoms with Gasteiger partial charge in [0.1, 0.15) is 0 Å². The number of hydrogen-bond acceptors (Lipinski definition) is 5. The number of furan rings is 1. The number of oxime groups is 1. The molecule has 1 unspecified atom stereocenters. The molecule has 3 heterocycles. The molecule has 2 amide bonds. The molecule has 2 aromatic rings. The molecule has 0 aliphatic carbocycles. The molecule has 1 aromatic carbocycles. The van der Waals surface area contributed by atoms with Gasteiger partial charge in [0.15, 0.2) is 11.6 Å². The number of amides is 2. The topological polar surface area (TPSA) is 75.4 Å². The number of halogens is 2. The van der Waals surface area contributed by atoms with E-state index in [2.05, 4.69) is 5.16 Å². The van der Waals surface area contributed by atoms with Crippen LogP contribution < -0.4 is 0 Å². The lowest BCUT2D eigenvalue weighted by molar-refractivity contribution is -0.153. The van der Waals surface area contributed by atoms with Crippen molar-refractivity contribution in [2.75, 3.05) is 26.2 Å². The Hall–Kier alpha value is -2.87. The monoisotopic (exact) mass is 433 g/mol. The molecule has 2 aliphatic heterocycles. The highest BCUT2D eigenvalue weighted by Gasteiger charge is 2.45. The minimum Gasteiger partial charge on any atom is -0.459 e. The van der Waals surface area contributed by atoms with Crippen LogP contribution in [-0.2, 0) is 9.63 Å². The van der Waals surface area contributed by atoms with Crippen LogP contribution in [0.25, 0.3) is 0 Å². The van der Waals surface area contributed by atoms with Crippen molar-refractivity contribution >= 4 is 29.1 Å². The number of carbonyl (C=O) groups excluding carboxylic acids is 2. The van der Waals surface area contributed by atoms with Crippen LogP contribution in [0.15, 0.2) is 46.2 Å². The van der Waals surface area contributed by atoms with Crippen molar-refractivity contribution in [3.05, 3.63) is 58.8 Å². The summed E-state index contributed by atoms with van der Waals surface area (Å²) in [7, 11) is 0. The first-order chi connectivity index (χ1) is 14.4. The quantitative estimate of drug-likeness (QED) is 0.744. The van der Waals surface area contributed by atoms with Gasteiger partial charge in [-0.15, -0.1) is 0 Å². The van der Waals surface area contributed by atoms with E-state index >= 15 is 0 Å². The van der Waals surface area contributed by atoms with Crippen molar-refractivity contribution in [2.24, 2.45) is 5.16 Å². The zero-order valence-corrected chi connectivity index (χ0v) is 17.2. The van der Waals surface area contributed by atoms with Crippen LogP contribution in [0.1, 0.15) is 35.9 Å². The van der Waals surface area contributed by atoms with Gasteiger partial charge in [0, 0.05) is 38.2 Å². The van der Waals surface area contributed by atoms with Gasteiger partial charge in [0.05, 0.1) is 17.0 Å². The van der Waals surface area contributed by atoms with Gasteiger partial charge in [-0.3, -0.25) is 9.59 Å². The highest BCUT2D eigenvalue weighted by atomic mass is 35.5. The molecule has 1 atom stereocenters. The van der Waals surface area contributed by atoms with Crippen LogP contribution in [0.4, 0.5) is 4.39 Å². The van der Waals surface area contributed by atoms with Gasteiger partial charge < -0.3 is 19.1 Å². The highest BCUT2D eigenvalue weighted by molar-refractivity contribution is 6.31. The third kappa shape index (κ3) is 3.79. The minimum absolute atomic E-state index is 0.0102. The second-order valence-corrected chi connectivity index (χ2v) is 7.96. The first-order valence-electron chi connectivity index (χ1n) is 9.70. The molecule has 158 valence electrons. The summed E-state index contributed by atoms with van der Waals surface area (Å²) in [5.41, 5.74) is -0.662. The summed E-state index contributed by atoms with van der Waals surface area (Å²) in [5, 5.41) is 3.96. The molecule has 0 saturated carbocycles. The fraction of sp³-hybridized carbons (Fsp3) is 0.381. The first kappa shape index (κ1) is 20.4. The first-order valence-corrected chi connectivity index (χ1v) is 10.1. The number of hydrogen-bond donors (Lipinski definition) is 0. The summed E-state index contributed by atoms with van der Waals surface area (Å²) < 4.78 is 19.5. The Morgan fingerprint density at radius 3 is 2.67 bits per heavy atom. The maximum absolute atomic E-state index is 14.3. The van der Waals surface area contributed by atoms with E-state index in [1.807, 2.05) is 0 Å². The number of benzene rings is 1. The van der Waals surface area contributed by atoms with E-state index in [0.29, 0.717) is 38.3 Å². The standard InChI is InChI=1S/C21H21ClFN3O4/c1-21(13-16(24-30-21)14-5-2-6-15(22)18(14)23)20(28)26-9-4-8-25(10-11-26)19(27)17-7-3-12-29-17/h2-3,5-7,12H,4,8-11,13H2,1H3. The van der Waals surface area contributed by atoms with E-state index in [1.54, 1.807) is 41.0 Å². The third-order valence-electron chi connectivity index (χ3n) is 5.38. The molecular weight excluding hydrogens is 413 g/mol. The maximum Gasteiger partial charge on any atom is 0.289 e. The molecule has 1 saturated heterocycles. The van der Waals surface area contributed by atoms with Crippen molar-refractivity contribution < 1.29 is 23.2 Å². The largest absolute Gasteiger partial charge is 0.459 e. The van der Waals surface area contributed by atoms with Gasteiger partial charge in [0.2, 0.25) is 5.60 Å². The minimum atomic E-state index is -1.23. The lowest BCUT2D eigenvalue weighted by Crippen LogP contribution is -2.48. The normalized spacial score (nSPS) is 21.8. The molecule has 0 N–H and O–H groups in total. The Balaban J connectivity index is 1.42. The van der Waals surface area contributed by atoms with Crippen LogP contribution in [0.3, 0.4) is 0 Å². The van der Waals surface area contributed by atoms with Crippen molar-refractivity contribution in [1.29, 1.82) is 0 Å². The second kappa shape index (κ2) is 8.10. The van der Waals surface area contributed by atoms with Crippen molar-refractivity contribution in [1.82, 2.24) is 9.80 Å². The van der Waals surface area contributed by atoms with E-state index in [4.69, 9.17) is 20.9 Å². The third-order valence-corrected chi connectivity index (χ3v) is 5.67. The van der Waals surface area contributed by atoms with Crippen LogP contribution in [0, 0.1) is 5.82 Å². The Labute approximate surface area is 178 Å². The molecule has 0 radical (unpaired) electrons. The van der Waals surface area contributed by atoms with E-state index < -0.39 is 11.4 Å². The molecule has 4 rings (SSSR count). The molecule has 1 fully saturated rings. The zero-order chi connectivity index (χ0) is 21.3. The van der Waals surface area contributed by atoms with E-state index in [1.165, 1.54) is 12.3 Å². The van der Waals surface area contributed by atoms with E-state index in [-0.39, 0.29) is 34.6 Å². The Kier molecular flexibility index (Phi) is 5.51. The molecule has 0 spiro atoms. The molecule has 7 nitrogen and oxygen atoms in total. The maximum atomic E-state index is 14.3. The molecular formula is C21H21ClFN3O4. The summed E-state index contributed by atoms with van der Waals surface area (Å²) in [4.78, 5) is 34.5. The van der Waals surface area contributed by atoms with Gasteiger partial charge in [-0.2, -0.15) is 0 Å². The Morgan fingerprint density at radius 1 is 1.13 bits per heavy atom. The molecule has 1 aromatic heterocycles. The molecule has 30 heavy (non-hydrogen) atoms. The fourth-order valence-electron chi connectivity index (χ4n) is 3.74. The van der Waals surface area contributed by atoms with Gasteiger partial charge in [-0.25, -0.2) is 4.39 Å². The molecule has 9 heteroatoms. The number of carbonyl (C=O) groups is 2. The average molecular weight is 434 g/mol. The predicted molar refractivity (Wildman–Crippen MR) is 108 cm³/mol. The Morgan fingerprint density at radius 2 is 1.90 bits per heavy atom. The fourth-order valence-corrected chi connectivity index (χ4v) is 3.91. The summed E-state index contributed by atoms with van der Waals surface area (Å²) in [6.07, 6.45) is 2.22. The average Bonchev–Trinajstić information content (AvgIpc) is 3.34. The van der Waals surface area contributed by atoms with Crippen LogP contribution in [-0.4, -0.2) is 59.1 Å². The van der Waals surface area contributed by atoms with Crippen molar-refractivity contribution in [3.8, 4) is 0 Å². The summed E-state index contributed by atoms with van der Waals surface area (Å²) in [6.45, 7) is 3.41. The summed E-state index contributed by atoms with van der Waals surface area (Å²) >= 11 is 5.86. The van der Waals surface area contributed by atoms with Crippen LogP contribution in [0.5, 0.6) is 0 Å². The molecule has 0 bridgehead atoms. The lowest BCUT2D eigenvalue weighted by Gasteiger charge is -2.29. The van der Waals surface area contributed by atoms with E-state index in [0.717, 1.165) is 0 Å². The number of rotatable bonds is 3. The smallest absolute Gasteiger partial charge is 0.289 e. The molecule has 2 aliphatic rings. The zero-order valence-electron chi connectivity index (χ0n) is 16.4. The van der Waals surface area contributed by atoms with E-state index in [9.17, 15) is 14.0 Å². The highest BCUT2D eigenvalue weighted by Crippen LogP contribution is 2.31. The number of nitrogens with zero attached hydrogens (tertiary/aromatic N) is 3. The lowest BCUT2D eigenvalue weighted by atomic mass is 9.94. The predicted octanol–water partition coefficient (Wildman–Crippen LogP) is 3.33. The van der Waals surface area contributed by atoms with Gasteiger partial charge in [-0.05, 0) is 37.6 Å². The van der Waals surface area contributed by atoms with Gasteiger partial charge >= 0.3 is 0 Å². The summed E-state index contributed by atoms with van der Waals surface area (Å²) in [6, 6.07) is 7.93. The Bertz CT molecular complexity index is 994. The summed E-state index contributed by atoms with van der Waals surface area (Å²) in [5.74, 6) is -0.738. The van der Waals surface area contributed by atoms with Gasteiger partial charge in [0.25, 0.3) is 11.8 Å². The van der Waals surface area contributed by atoms with Crippen LogP contribution >= 0.6 is 11.6 Å². The SMILES string of the molecule is CC1(C(=O)N2CCCN(C(=O)c3ccco3)CC2)CC(c2cccc(Cl)c2F)=NO1. The van der Waals surface area contributed by atoms with Gasteiger partial charge in [-0.1, -0.05) is 22.8 Å². The van der Waals surface area contributed by atoms with Crippen molar-refractivity contribution in [2.45, 2.75) is 25.4 Å². The van der Waals surface area contributed by atoms with Crippen LogP contribution in [0.2, 0.25) is 5.02 Å².